The smallest absolute Gasteiger partial charge is 0.245 e. The topological polar surface area (TPSA) is 49.4 Å². The summed E-state index contributed by atoms with van der Waals surface area (Å²) in [5.41, 5.74) is 0. The molecule has 4 nitrogen and oxygen atoms in total. The van der Waals surface area contributed by atoms with Crippen LogP contribution in [0.1, 0.15) is 59.3 Å². The molecule has 1 saturated carbocycles. The van der Waals surface area contributed by atoms with Crippen LogP contribution in [0, 0.1) is 5.92 Å². The van der Waals surface area contributed by atoms with Gasteiger partial charge in [0.15, 0.2) is 0 Å². The molecule has 1 aliphatic carbocycles. The quantitative estimate of drug-likeness (QED) is 0.850. The van der Waals surface area contributed by atoms with E-state index in [9.17, 15) is 9.59 Å². The third-order valence-electron chi connectivity index (χ3n) is 4.76. The summed E-state index contributed by atoms with van der Waals surface area (Å²) in [5, 5.41) is 2.80. The van der Waals surface area contributed by atoms with Crippen molar-refractivity contribution in [2.75, 3.05) is 0 Å². The molecule has 0 bridgehead atoms. The Labute approximate surface area is 115 Å². The Morgan fingerprint density at radius 3 is 2.47 bits per heavy atom. The van der Waals surface area contributed by atoms with E-state index >= 15 is 0 Å². The van der Waals surface area contributed by atoms with Crippen molar-refractivity contribution in [1.82, 2.24) is 10.2 Å². The zero-order valence-electron chi connectivity index (χ0n) is 12.3. The monoisotopic (exact) mass is 266 g/mol. The molecule has 1 saturated heterocycles. The first-order valence-electron chi connectivity index (χ1n) is 7.72. The van der Waals surface area contributed by atoms with Crippen molar-refractivity contribution >= 4 is 11.8 Å². The van der Waals surface area contributed by atoms with Gasteiger partial charge in [-0.1, -0.05) is 33.1 Å². The molecule has 1 heterocycles. The zero-order valence-corrected chi connectivity index (χ0v) is 12.3. The van der Waals surface area contributed by atoms with Gasteiger partial charge in [-0.3, -0.25) is 9.59 Å². The van der Waals surface area contributed by atoms with Crippen molar-refractivity contribution in [2.45, 2.75) is 77.4 Å². The SMILES string of the molecule is CCC1CCCCC1N1C(=O)C(C)NC(=O)C1CC. The number of piperazine rings is 1. The number of nitrogens with one attached hydrogen (secondary N) is 1. The fraction of sp³-hybridized carbons (Fsp3) is 0.867. The van der Waals surface area contributed by atoms with E-state index in [1.54, 1.807) is 6.92 Å². The second-order valence-electron chi connectivity index (χ2n) is 5.92. The molecule has 0 spiro atoms. The average Bonchev–Trinajstić information content (AvgIpc) is 2.42. The molecule has 4 heteroatoms. The lowest BCUT2D eigenvalue weighted by atomic mass is 9.80. The van der Waals surface area contributed by atoms with Crippen molar-refractivity contribution in [3.05, 3.63) is 0 Å². The van der Waals surface area contributed by atoms with Gasteiger partial charge in [0.2, 0.25) is 11.8 Å². The third kappa shape index (κ3) is 2.63. The van der Waals surface area contributed by atoms with E-state index in [1.165, 1.54) is 19.3 Å². The van der Waals surface area contributed by atoms with Crippen LogP contribution in [0.3, 0.4) is 0 Å². The van der Waals surface area contributed by atoms with Gasteiger partial charge in [0.1, 0.15) is 12.1 Å². The minimum Gasteiger partial charge on any atom is -0.343 e. The van der Waals surface area contributed by atoms with Crippen LogP contribution in [0.15, 0.2) is 0 Å². The number of carbonyl (C=O) groups is 2. The number of hydrogen-bond donors (Lipinski definition) is 1. The minimum absolute atomic E-state index is 0.0232. The lowest BCUT2D eigenvalue weighted by Crippen LogP contribution is -2.66. The van der Waals surface area contributed by atoms with E-state index in [1.807, 2.05) is 11.8 Å². The molecule has 4 unspecified atom stereocenters. The third-order valence-corrected chi connectivity index (χ3v) is 4.76. The molecule has 0 aromatic rings. The average molecular weight is 266 g/mol. The molecule has 0 aromatic carbocycles. The summed E-state index contributed by atoms with van der Waals surface area (Å²) in [6.45, 7) is 5.98. The van der Waals surface area contributed by atoms with E-state index in [0.29, 0.717) is 12.3 Å². The van der Waals surface area contributed by atoms with E-state index in [4.69, 9.17) is 0 Å². The van der Waals surface area contributed by atoms with Gasteiger partial charge in [0.05, 0.1) is 0 Å². The molecule has 108 valence electrons. The number of rotatable bonds is 3. The van der Waals surface area contributed by atoms with Crippen LogP contribution >= 0.6 is 0 Å². The molecule has 2 amide bonds. The standard InChI is InChI=1S/C15H26N2O2/c1-4-11-8-6-7-9-13(11)17-12(5-2)14(18)16-10(3)15(17)19/h10-13H,4-9H2,1-3H3,(H,16,18). The first-order valence-corrected chi connectivity index (χ1v) is 7.72. The second kappa shape index (κ2) is 5.93. The highest BCUT2D eigenvalue weighted by molar-refractivity contribution is 5.96. The fourth-order valence-electron chi connectivity index (χ4n) is 3.68. The number of nitrogens with zero attached hydrogens (tertiary/aromatic N) is 1. The Bertz CT molecular complexity index is 356. The van der Waals surface area contributed by atoms with Crippen LogP contribution in [0.5, 0.6) is 0 Å². The van der Waals surface area contributed by atoms with Crippen LogP contribution in [0.2, 0.25) is 0 Å². The Kier molecular flexibility index (Phi) is 4.48. The normalized spacial score (nSPS) is 36.3. The van der Waals surface area contributed by atoms with Gasteiger partial charge in [-0.2, -0.15) is 0 Å². The molecule has 4 atom stereocenters. The number of carbonyl (C=O) groups excluding carboxylic acids is 2. The maximum atomic E-state index is 12.5. The number of hydrogen-bond acceptors (Lipinski definition) is 2. The highest BCUT2D eigenvalue weighted by Gasteiger charge is 2.43. The lowest BCUT2D eigenvalue weighted by molar-refractivity contribution is -0.154. The lowest BCUT2D eigenvalue weighted by Gasteiger charge is -2.46. The summed E-state index contributed by atoms with van der Waals surface area (Å²) >= 11 is 0. The van der Waals surface area contributed by atoms with Crippen molar-refractivity contribution in [2.24, 2.45) is 5.92 Å². The van der Waals surface area contributed by atoms with Crippen LogP contribution in [0.25, 0.3) is 0 Å². The second-order valence-corrected chi connectivity index (χ2v) is 5.92. The fourth-order valence-corrected chi connectivity index (χ4v) is 3.68. The maximum absolute atomic E-state index is 12.5. The van der Waals surface area contributed by atoms with Crippen molar-refractivity contribution in [3.63, 3.8) is 0 Å². The van der Waals surface area contributed by atoms with Gasteiger partial charge in [-0.25, -0.2) is 0 Å². The highest BCUT2D eigenvalue weighted by Crippen LogP contribution is 2.33. The molecule has 0 aromatic heterocycles. The molecular formula is C15H26N2O2. The van der Waals surface area contributed by atoms with Crippen molar-refractivity contribution in [3.8, 4) is 0 Å². The summed E-state index contributed by atoms with van der Waals surface area (Å²) in [6, 6.07) is -0.361. The summed E-state index contributed by atoms with van der Waals surface area (Å²) in [4.78, 5) is 26.6. The number of amides is 2. The molecule has 2 fully saturated rings. The van der Waals surface area contributed by atoms with E-state index in [0.717, 1.165) is 12.8 Å². The Morgan fingerprint density at radius 2 is 1.84 bits per heavy atom. The molecular weight excluding hydrogens is 240 g/mol. The predicted octanol–water partition coefficient (Wildman–Crippen LogP) is 2.08. The maximum Gasteiger partial charge on any atom is 0.245 e. The van der Waals surface area contributed by atoms with E-state index in [2.05, 4.69) is 12.2 Å². The van der Waals surface area contributed by atoms with Gasteiger partial charge >= 0.3 is 0 Å². The summed E-state index contributed by atoms with van der Waals surface area (Å²) in [6.07, 6.45) is 6.49. The first kappa shape index (κ1) is 14.4. The molecule has 19 heavy (non-hydrogen) atoms. The summed E-state index contributed by atoms with van der Waals surface area (Å²) in [5.74, 6) is 0.691. The van der Waals surface area contributed by atoms with E-state index < -0.39 is 0 Å². The van der Waals surface area contributed by atoms with Crippen molar-refractivity contribution in [1.29, 1.82) is 0 Å². The van der Waals surface area contributed by atoms with Gasteiger partial charge < -0.3 is 10.2 Å². The predicted molar refractivity (Wildman–Crippen MR) is 74.6 cm³/mol. The van der Waals surface area contributed by atoms with Crippen molar-refractivity contribution < 1.29 is 9.59 Å². The molecule has 2 aliphatic rings. The van der Waals surface area contributed by atoms with Crippen LogP contribution in [-0.4, -0.2) is 34.8 Å². The Morgan fingerprint density at radius 1 is 1.16 bits per heavy atom. The molecule has 1 N–H and O–H groups in total. The first-order chi connectivity index (χ1) is 9.10. The highest BCUT2D eigenvalue weighted by atomic mass is 16.2. The Hall–Kier alpha value is -1.06. The van der Waals surface area contributed by atoms with Crippen LogP contribution in [-0.2, 0) is 9.59 Å². The van der Waals surface area contributed by atoms with Crippen LogP contribution < -0.4 is 5.32 Å². The molecule has 0 radical (unpaired) electrons. The van der Waals surface area contributed by atoms with Gasteiger partial charge in [-0.15, -0.1) is 0 Å². The van der Waals surface area contributed by atoms with E-state index in [-0.39, 0.29) is 29.9 Å². The van der Waals surface area contributed by atoms with Gasteiger partial charge in [0.25, 0.3) is 0 Å². The summed E-state index contributed by atoms with van der Waals surface area (Å²) in [7, 11) is 0. The molecule has 1 aliphatic heterocycles. The minimum atomic E-state index is -0.366. The van der Waals surface area contributed by atoms with Gasteiger partial charge in [-0.05, 0) is 32.1 Å². The van der Waals surface area contributed by atoms with Gasteiger partial charge in [0, 0.05) is 6.04 Å². The van der Waals surface area contributed by atoms with Crippen LogP contribution in [0.4, 0.5) is 0 Å². The zero-order chi connectivity index (χ0) is 14.0. The Balaban J connectivity index is 2.26. The largest absolute Gasteiger partial charge is 0.343 e. The molecule has 2 rings (SSSR count). The summed E-state index contributed by atoms with van der Waals surface area (Å²) < 4.78 is 0.